The molecule has 1 aromatic rings. The number of benzene rings is 1. The number of hydrogen-bond donors (Lipinski definition) is 0. The summed E-state index contributed by atoms with van der Waals surface area (Å²) in [4.78, 5) is 13.3. The van der Waals surface area contributed by atoms with Crippen LogP contribution in [0.1, 0.15) is 25.3 Å². The molecule has 1 fully saturated rings. The predicted molar refractivity (Wildman–Crippen MR) is 71.8 cm³/mol. The van der Waals surface area contributed by atoms with Crippen LogP contribution in [0.15, 0.2) is 36.4 Å². The molecule has 0 N–H and O–H groups in total. The number of hydrogen-bond acceptors (Lipinski definition) is 2. The van der Waals surface area contributed by atoms with E-state index in [2.05, 4.69) is 0 Å². The molecule has 18 heavy (non-hydrogen) atoms. The monoisotopic (exact) mass is 245 g/mol. The first-order valence-electron chi connectivity index (χ1n) is 6.40. The molecule has 1 amide bonds. The quantitative estimate of drug-likeness (QED) is 0.798. The molecule has 0 aromatic heterocycles. The van der Waals surface area contributed by atoms with Crippen molar-refractivity contribution in [2.24, 2.45) is 0 Å². The van der Waals surface area contributed by atoms with Gasteiger partial charge in [0.25, 0.3) is 0 Å². The van der Waals surface area contributed by atoms with Gasteiger partial charge in [0.15, 0.2) is 0 Å². The van der Waals surface area contributed by atoms with E-state index in [1.165, 1.54) is 0 Å². The second-order valence-electron chi connectivity index (χ2n) is 4.44. The maximum atomic E-state index is 11.5. The summed E-state index contributed by atoms with van der Waals surface area (Å²) < 4.78 is 5.64. The Morgan fingerprint density at radius 1 is 1.39 bits per heavy atom. The minimum absolute atomic E-state index is 0.125. The average molecular weight is 245 g/mol. The van der Waals surface area contributed by atoms with E-state index in [1.807, 2.05) is 49.4 Å². The second kappa shape index (κ2) is 6.36. The van der Waals surface area contributed by atoms with Crippen LogP contribution < -0.4 is 0 Å². The van der Waals surface area contributed by atoms with Gasteiger partial charge in [-0.05, 0) is 18.9 Å². The third kappa shape index (κ3) is 3.44. The fourth-order valence-electron chi connectivity index (χ4n) is 2.09. The van der Waals surface area contributed by atoms with Crippen LogP contribution in [0.5, 0.6) is 0 Å². The number of ether oxygens (including phenoxy) is 1. The molecule has 1 aliphatic heterocycles. The Morgan fingerprint density at radius 2 is 2.17 bits per heavy atom. The Morgan fingerprint density at radius 3 is 2.83 bits per heavy atom. The number of rotatable bonds is 5. The highest BCUT2D eigenvalue weighted by molar-refractivity contribution is 5.78. The van der Waals surface area contributed by atoms with E-state index in [0.29, 0.717) is 13.0 Å². The first kappa shape index (κ1) is 12.8. The summed E-state index contributed by atoms with van der Waals surface area (Å²) in [6, 6.07) is 10.1. The van der Waals surface area contributed by atoms with E-state index in [0.717, 1.165) is 18.5 Å². The van der Waals surface area contributed by atoms with Crippen LogP contribution in [0, 0.1) is 0 Å². The molecule has 1 atom stereocenters. The zero-order valence-electron chi connectivity index (χ0n) is 10.7. The normalized spacial score (nSPS) is 17.6. The zero-order valence-corrected chi connectivity index (χ0v) is 10.7. The van der Waals surface area contributed by atoms with Crippen LogP contribution in [0.2, 0.25) is 0 Å². The molecular formula is C15H19NO2. The largest absolute Gasteiger partial charge is 0.355 e. The third-order valence-electron chi connectivity index (χ3n) is 3.09. The first-order chi connectivity index (χ1) is 8.77. The van der Waals surface area contributed by atoms with Crippen LogP contribution >= 0.6 is 0 Å². The van der Waals surface area contributed by atoms with Crippen LogP contribution in [0.25, 0.3) is 6.08 Å². The van der Waals surface area contributed by atoms with Gasteiger partial charge in [-0.2, -0.15) is 0 Å². The molecule has 1 unspecified atom stereocenters. The Kier molecular flexibility index (Phi) is 4.53. The number of amides is 1. The van der Waals surface area contributed by atoms with Gasteiger partial charge < -0.3 is 9.64 Å². The lowest BCUT2D eigenvalue weighted by Crippen LogP contribution is -2.35. The molecule has 1 aromatic carbocycles. The molecule has 96 valence electrons. The van der Waals surface area contributed by atoms with Gasteiger partial charge in [0.05, 0.1) is 6.61 Å². The lowest BCUT2D eigenvalue weighted by atomic mass is 10.2. The Labute approximate surface area is 108 Å². The molecule has 0 aliphatic carbocycles. The number of carbonyl (C=O) groups excluding carboxylic acids is 1. The van der Waals surface area contributed by atoms with Crippen LogP contribution in [0.4, 0.5) is 0 Å². The van der Waals surface area contributed by atoms with Gasteiger partial charge >= 0.3 is 0 Å². The molecule has 1 aliphatic rings. The Balaban J connectivity index is 1.75. The second-order valence-corrected chi connectivity index (χ2v) is 4.44. The summed E-state index contributed by atoms with van der Waals surface area (Å²) in [5.74, 6) is 0.203. The van der Waals surface area contributed by atoms with Crippen molar-refractivity contribution in [3.8, 4) is 0 Å². The van der Waals surface area contributed by atoms with Gasteiger partial charge in [-0.25, -0.2) is 0 Å². The first-order valence-corrected chi connectivity index (χ1v) is 6.40. The molecule has 1 heterocycles. The van der Waals surface area contributed by atoms with Gasteiger partial charge in [-0.15, -0.1) is 0 Å². The summed E-state index contributed by atoms with van der Waals surface area (Å²) in [6.45, 7) is 3.28. The predicted octanol–water partition coefficient (Wildman–Crippen LogP) is 2.68. The van der Waals surface area contributed by atoms with Crippen molar-refractivity contribution in [3.63, 3.8) is 0 Å². The molecular weight excluding hydrogens is 226 g/mol. The van der Waals surface area contributed by atoms with Crippen molar-refractivity contribution in [1.82, 2.24) is 4.90 Å². The van der Waals surface area contributed by atoms with Gasteiger partial charge in [0, 0.05) is 13.0 Å². The molecule has 0 spiro atoms. The molecule has 3 heteroatoms. The topological polar surface area (TPSA) is 29.5 Å². The molecule has 0 bridgehead atoms. The highest BCUT2D eigenvalue weighted by atomic mass is 16.5. The van der Waals surface area contributed by atoms with Crippen molar-refractivity contribution in [1.29, 1.82) is 0 Å². The fourth-order valence-corrected chi connectivity index (χ4v) is 2.09. The minimum Gasteiger partial charge on any atom is -0.355 e. The number of nitrogens with zero attached hydrogens (tertiary/aromatic N) is 1. The van der Waals surface area contributed by atoms with Crippen molar-refractivity contribution < 1.29 is 9.53 Å². The average Bonchev–Trinajstić information content (AvgIpc) is 2.82. The van der Waals surface area contributed by atoms with E-state index in [4.69, 9.17) is 4.74 Å². The molecule has 1 saturated heterocycles. The Bertz CT molecular complexity index is 414. The van der Waals surface area contributed by atoms with Gasteiger partial charge in [0.1, 0.15) is 6.23 Å². The lowest BCUT2D eigenvalue weighted by molar-refractivity contribution is -0.138. The summed E-state index contributed by atoms with van der Waals surface area (Å²) in [5, 5.41) is 0. The third-order valence-corrected chi connectivity index (χ3v) is 3.09. The molecule has 0 radical (unpaired) electrons. The summed E-state index contributed by atoms with van der Waals surface area (Å²) in [5.41, 5.74) is 1.16. The van der Waals surface area contributed by atoms with E-state index in [1.54, 1.807) is 4.90 Å². The van der Waals surface area contributed by atoms with E-state index in [-0.39, 0.29) is 12.1 Å². The molecule has 3 nitrogen and oxygen atoms in total. The highest BCUT2D eigenvalue weighted by Crippen LogP contribution is 2.14. The Hall–Kier alpha value is -1.61. The zero-order chi connectivity index (χ0) is 12.8. The van der Waals surface area contributed by atoms with Crippen molar-refractivity contribution >= 4 is 12.0 Å². The maximum absolute atomic E-state index is 11.5. The van der Waals surface area contributed by atoms with Crippen LogP contribution in [-0.4, -0.2) is 30.2 Å². The SMILES string of the molecule is CC(OC/C=C/c1ccccc1)N1CCCC1=O. The molecule has 2 rings (SSSR count). The van der Waals surface area contributed by atoms with E-state index >= 15 is 0 Å². The van der Waals surface area contributed by atoms with Crippen molar-refractivity contribution in [3.05, 3.63) is 42.0 Å². The highest BCUT2D eigenvalue weighted by Gasteiger charge is 2.24. The van der Waals surface area contributed by atoms with E-state index < -0.39 is 0 Å². The standard InChI is InChI=1S/C15H19NO2/c1-13(16-11-5-10-15(16)17)18-12-6-9-14-7-3-2-4-8-14/h2-4,6-9,13H,5,10-12H2,1H3/b9-6+. The smallest absolute Gasteiger partial charge is 0.224 e. The summed E-state index contributed by atoms with van der Waals surface area (Å²) in [7, 11) is 0. The van der Waals surface area contributed by atoms with Gasteiger partial charge in [-0.1, -0.05) is 42.5 Å². The fraction of sp³-hybridized carbons (Fsp3) is 0.400. The van der Waals surface area contributed by atoms with Gasteiger partial charge in [-0.3, -0.25) is 4.79 Å². The van der Waals surface area contributed by atoms with E-state index in [9.17, 15) is 4.79 Å². The van der Waals surface area contributed by atoms with Crippen LogP contribution in [0.3, 0.4) is 0 Å². The summed E-state index contributed by atoms with van der Waals surface area (Å²) in [6.07, 6.45) is 5.49. The minimum atomic E-state index is -0.125. The van der Waals surface area contributed by atoms with Crippen LogP contribution in [-0.2, 0) is 9.53 Å². The molecule has 0 saturated carbocycles. The van der Waals surface area contributed by atoms with Crippen molar-refractivity contribution in [2.45, 2.75) is 26.0 Å². The lowest BCUT2D eigenvalue weighted by Gasteiger charge is -2.23. The van der Waals surface area contributed by atoms with Gasteiger partial charge in [0.2, 0.25) is 5.91 Å². The van der Waals surface area contributed by atoms with Crippen molar-refractivity contribution in [2.75, 3.05) is 13.2 Å². The number of likely N-dealkylation sites (tertiary alicyclic amines) is 1. The summed E-state index contributed by atoms with van der Waals surface area (Å²) >= 11 is 0. The number of carbonyl (C=O) groups is 1. The maximum Gasteiger partial charge on any atom is 0.224 e.